The van der Waals surface area contributed by atoms with E-state index < -0.39 is 11.9 Å². The molecule has 0 radical (unpaired) electrons. The molecule has 1 aliphatic carbocycles. The van der Waals surface area contributed by atoms with Crippen molar-refractivity contribution < 1.29 is 24.7 Å². The predicted molar refractivity (Wildman–Crippen MR) is 132 cm³/mol. The van der Waals surface area contributed by atoms with E-state index in [-0.39, 0.29) is 16.8 Å². The van der Waals surface area contributed by atoms with E-state index in [0.717, 1.165) is 26.9 Å². The second kappa shape index (κ2) is 11.5. The average Bonchev–Trinajstić information content (AvgIpc) is 2.84. The van der Waals surface area contributed by atoms with Gasteiger partial charge in [-0.05, 0) is 69.3 Å². The van der Waals surface area contributed by atoms with Gasteiger partial charge in [0.2, 0.25) is 0 Å². The van der Waals surface area contributed by atoms with Gasteiger partial charge in [-0.2, -0.15) is 0 Å². The van der Waals surface area contributed by atoms with Crippen LogP contribution in [0.2, 0.25) is 0 Å². The van der Waals surface area contributed by atoms with E-state index in [1.165, 1.54) is 31.8 Å². The fraction of sp³-hybridized carbons (Fsp3) is 0.231. The van der Waals surface area contributed by atoms with E-state index in [4.69, 9.17) is 5.11 Å². The van der Waals surface area contributed by atoms with Crippen molar-refractivity contribution in [3.8, 4) is 10.6 Å². The van der Waals surface area contributed by atoms with Crippen LogP contribution in [0.25, 0.3) is 20.8 Å². The number of nitrogens with one attached hydrogen (secondary N) is 1. The van der Waals surface area contributed by atoms with Crippen molar-refractivity contribution in [3.63, 3.8) is 0 Å². The molecule has 0 amide bonds. The Morgan fingerprint density at radius 3 is 2.26 bits per heavy atom. The molecule has 8 heteroatoms. The van der Waals surface area contributed by atoms with Crippen LogP contribution in [0.5, 0.6) is 0 Å². The lowest BCUT2D eigenvalue weighted by Crippen LogP contribution is -3.11. The second-order valence-electron chi connectivity index (χ2n) is 7.62. The highest BCUT2D eigenvalue weighted by Crippen LogP contribution is 2.29. The minimum atomic E-state index is -1.45. The number of hydrogen-bond acceptors (Lipinski definition) is 6. The van der Waals surface area contributed by atoms with Crippen molar-refractivity contribution in [1.82, 2.24) is 4.98 Å². The quantitative estimate of drug-likeness (QED) is 0.415. The molecule has 2 aliphatic rings. The number of nitrogens with zero attached hydrogens (tertiary/aromatic N) is 2. The molecule has 2 aromatic rings. The fourth-order valence-electron chi connectivity index (χ4n) is 3.45. The SMILES string of the molecule is CC[NH+](CC)CC.O=C([O-])c1cc(N=c2ccc3nc4ccccc4sc-3c2)cc(C(=O)O)c1. The number of carboxylic acid groups (broad SMARTS) is 2. The van der Waals surface area contributed by atoms with Crippen LogP contribution in [0, 0.1) is 0 Å². The van der Waals surface area contributed by atoms with Crippen LogP contribution in [0.15, 0.2) is 65.7 Å². The van der Waals surface area contributed by atoms with Gasteiger partial charge in [-0.1, -0.05) is 12.1 Å². The Morgan fingerprint density at radius 1 is 0.971 bits per heavy atom. The normalized spacial score (nSPS) is 11.5. The molecule has 0 saturated carbocycles. The van der Waals surface area contributed by atoms with E-state index in [9.17, 15) is 14.7 Å². The molecule has 7 nitrogen and oxygen atoms in total. The van der Waals surface area contributed by atoms with Crippen LogP contribution in [-0.4, -0.2) is 41.7 Å². The first-order chi connectivity index (χ1) is 16.3. The van der Waals surface area contributed by atoms with Gasteiger partial charge < -0.3 is 19.9 Å². The van der Waals surface area contributed by atoms with E-state index in [0.29, 0.717) is 5.36 Å². The monoisotopic (exact) mass is 477 g/mol. The summed E-state index contributed by atoms with van der Waals surface area (Å²) in [6.45, 7) is 10.5. The Balaban J connectivity index is 0.000000406. The summed E-state index contributed by atoms with van der Waals surface area (Å²) in [5, 5.41) is 20.9. The van der Waals surface area contributed by atoms with Crippen LogP contribution in [0.1, 0.15) is 41.5 Å². The smallest absolute Gasteiger partial charge is 0.335 e. The van der Waals surface area contributed by atoms with Gasteiger partial charge in [0.15, 0.2) is 0 Å². The number of aromatic nitrogens is 1. The highest BCUT2D eigenvalue weighted by atomic mass is 32.1. The Morgan fingerprint density at radius 2 is 1.65 bits per heavy atom. The minimum Gasteiger partial charge on any atom is -0.545 e. The van der Waals surface area contributed by atoms with Crippen molar-refractivity contribution in [2.75, 3.05) is 19.6 Å². The first-order valence-electron chi connectivity index (χ1n) is 11.1. The molecule has 0 atom stereocenters. The summed E-state index contributed by atoms with van der Waals surface area (Å²) in [6.07, 6.45) is 0. The number of para-hydroxylation sites is 1. The van der Waals surface area contributed by atoms with Crippen LogP contribution < -0.4 is 15.4 Å². The molecule has 2 N–H and O–H groups in total. The van der Waals surface area contributed by atoms with Gasteiger partial charge in [-0.15, -0.1) is 11.3 Å². The minimum absolute atomic E-state index is 0.160. The third kappa shape index (κ3) is 6.24. The van der Waals surface area contributed by atoms with E-state index in [2.05, 4.69) is 30.7 Å². The lowest BCUT2D eigenvalue weighted by Gasteiger charge is -2.10. The number of fused-ring (bicyclic) bond motifs is 2. The maximum atomic E-state index is 11.2. The van der Waals surface area contributed by atoms with Crippen molar-refractivity contribution in [2.24, 2.45) is 4.99 Å². The lowest BCUT2D eigenvalue weighted by molar-refractivity contribution is -0.894. The Labute approximate surface area is 202 Å². The maximum Gasteiger partial charge on any atom is 0.335 e. The van der Waals surface area contributed by atoms with Gasteiger partial charge in [0.25, 0.3) is 0 Å². The molecule has 34 heavy (non-hydrogen) atoms. The molecule has 0 bridgehead atoms. The molecule has 176 valence electrons. The first kappa shape index (κ1) is 25.0. The highest BCUT2D eigenvalue weighted by Gasteiger charge is 2.09. The third-order valence-electron chi connectivity index (χ3n) is 5.43. The van der Waals surface area contributed by atoms with Crippen molar-refractivity contribution in [1.29, 1.82) is 0 Å². The zero-order valence-electron chi connectivity index (χ0n) is 19.4. The summed E-state index contributed by atoms with van der Waals surface area (Å²) in [7, 11) is 0. The Hall–Kier alpha value is -3.62. The molecule has 4 rings (SSSR count). The third-order valence-corrected chi connectivity index (χ3v) is 6.54. The van der Waals surface area contributed by atoms with E-state index >= 15 is 0 Å². The molecule has 0 unspecified atom stereocenters. The molecule has 2 aromatic carbocycles. The van der Waals surface area contributed by atoms with Gasteiger partial charge in [0.1, 0.15) is 0 Å². The zero-order valence-corrected chi connectivity index (χ0v) is 20.2. The second-order valence-corrected chi connectivity index (χ2v) is 8.70. The Kier molecular flexibility index (Phi) is 8.45. The molecule has 0 spiro atoms. The summed E-state index contributed by atoms with van der Waals surface area (Å²) in [4.78, 5) is 33.9. The summed E-state index contributed by atoms with van der Waals surface area (Å²) < 4.78 is 1.04. The number of hydrogen-bond donors (Lipinski definition) is 2. The molecule has 0 fully saturated rings. The van der Waals surface area contributed by atoms with Gasteiger partial charge in [0.05, 0.1) is 63.0 Å². The Bertz CT molecular complexity index is 1310. The van der Waals surface area contributed by atoms with E-state index in [1.54, 1.807) is 22.3 Å². The number of aromatic carboxylic acids is 2. The van der Waals surface area contributed by atoms with E-state index in [1.807, 2.05) is 36.4 Å². The summed E-state index contributed by atoms with van der Waals surface area (Å²) in [5.41, 5.74) is 1.57. The van der Waals surface area contributed by atoms with Crippen LogP contribution in [0.3, 0.4) is 0 Å². The topological polar surface area (TPSA) is 107 Å². The molecule has 1 aliphatic heterocycles. The largest absolute Gasteiger partial charge is 0.545 e. The van der Waals surface area contributed by atoms with Gasteiger partial charge in [-0.25, -0.2) is 14.8 Å². The zero-order chi connectivity index (χ0) is 24.7. The van der Waals surface area contributed by atoms with Crippen molar-refractivity contribution >= 4 is 39.2 Å². The number of rotatable bonds is 6. The van der Waals surface area contributed by atoms with Crippen LogP contribution in [0.4, 0.5) is 5.69 Å². The molecular weight excluding hydrogens is 450 g/mol. The number of carboxylic acids is 2. The summed E-state index contributed by atoms with van der Waals surface area (Å²) in [5.74, 6) is -2.68. The standard InChI is InChI=1S/C20H12N2O4S.C6H15N/c23-19(24)11-7-12(20(25)26)9-14(8-11)21-13-5-6-16-18(10-13)27-17-4-2-1-3-15(17)22-16;1-4-7(5-2)6-3/h1-10H,(H,23,24)(H,25,26);4-6H2,1-3H3. The fourth-order valence-corrected chi connectivity index (χ4v) is 4.45. The van der Waals surface area contributed by atoms with Crippen molar-refractivity contribution in [2.45, 2.75) is 20.8 Å². The van der Waals surface area contributed by atoms with Gasteiger partial charge in [0, 0.05) is 5.56 Å². The summed E-state index contributed by atoms with van der Waals surface area (Å²) in [6, 6.07) is 16.9. The number of quaternary nitrogens is 1. The van der Waals surface area contributed by atoms with Crippen LogP contribution >= 0.6 is 11.3 Å². The number of carbonyl (C=O) groups excluding carboxylic acids is 1. The van der Waals surface area contributed by atoms with Gasteiger partial charge in [-0.3, -0.25) is 0 Å². The first-order valence-corrected chi connectivity index (χ1v) is 11.9. The maximum absolute atomic E-state index is 11.2. The predicted octanol–water partition coefficient (Wildman–Crippen LogP) is 2.63. The van der Waals surface area contributed by atoms with Gasteiger partial charge >= 0.3 is 5.97 Å². The highest BCUT2D eigenvalue weighted by molar-refractivity contribution is 7.21. The molecule has 1 heterocycles. The molecular formula is C26H27N3O4S. The lowest BCUT2D eigenvalue weighted by atomic mass is 10.1. The molecule has 0 aromatic heterocycles. The number of benzene rings is 3. The van der Waals surface area contributed by atoms with Crippen LogP contribution in [-0.2, 0) is 0 Å². The molecule has 0 saturated heterocycles. The number of carbonyl (C=O) groups is 2. The van der Waals surface area contributed by atoms with Crippen molar-refractivity contribution in [3.05, 3.63) is 77.1 Å². The average molecular weight is 478 g/mol. The summed E-state index contributed by atoms with van der Waals surface area (Å²) >= 11 is 1.57.